The van der Waals surface area contributed by atoms with Crippen LogP contribution < -0.4 is 5.32 Å². The third kappa shape index (κ3) is 6.82. The van der Waals surface area contributed by atoms with Crippen molar-refractivity contribution in [2.24, 2.45) is 0 Å². The SMILES string of the molecule is N#Cc1ccc(NC(=O)[C@@H](OC(=O)c2ccc(Cl)cc2)[C@H](OC(=O)c2ccc(Cl)cc2)C(=O)O)cc1. The van der Waals surface area contributed by atoms with Crippen LogP contribution in [0.5, 0.6) is 0 Å². The molecule has 0 heterocycles. The summed E-state index contributed by atoms with van der Waals surface area (Å²) in [5, 5.41) is 21.8. The van der Waals surface area contributed by atoms with E-state index < -0.39 is 36.0 Å². The lowest BCUT2D eigenvalue weighted by Gasteiger charge is -2.23. The van der Waals surface area contributed by atoms with Crippen LogP contribution in [0.3, 0.4) is 0 Å². The number of hydrogen-bond donors (Lipinski definition) is 2. The number of anilines is 1. The van der Waals surface area contributed by atoms with Gasteiger partial charge in [-0.2, -0.15) is 5.26 Å². The fraction of sp³-hybridized carbons (Fsp3) is 0.0800. The number of benzene rings is 3. The van der Waals surface area contributed by atoms with E-state index in [1.165, 1.54) is 72.8 Å². The molecular weight excluding hydrogens is 511 g/mol. The lowest BCUT2D eigenvalue weighted by molar-refractivity contribution is -0.157. The van der Waals surface area contributed by atoms with Gasteiger partial charge in [0.05, 0.1) is 22.8 Å². The van der Waals surface area contributed by atoms with Gasteiger partial charge in [-0.1, -0.05) is 23.2 Å². The zero-order valence-corrected chi connectivity index (χ0v) is 19.7. The van der Waals surface area contributed by atoms with Gasteiger partial charge in [0.2, 0.25) is 12.2 Å². The molecule has 3 aromatic rings. The fourth-order valence-electron chi connectivity index (χ4n) is 2.87. The molecule has 36 heavy (non-hydrogen) atoms. The van der Waals surface area contributed by atoms with Gasteiger partial charge >= 0.3 is 17.9 Å². The molecule has 0 aliphatic heterocycles. The molecule has 0 saturated carbocycles. The summed E-state index contributed by atoms with van der Waals surface area (Å²) in [7, 11) is 0. The summed E-state index contributed by atoms with van der Waals surface area (Å²) in [5.41, 5.74) is 0.434. The van der Waals surface area contributed by atoms with Crippen LogP contribution in [0.1, 0.15) is 26.3 Å². The number of hydrogen-bond acceptors (Lipinski definition) is 7. The van der Waals surface area contributed by atoms with E-state index in [-0.39, 0.29) is 16.8 Å². The normalized spacial score (nSPS) is 11.9. The molecule has 0 unspecified atom stereocenters. The van der Waals surface area contributed by atoms with Crippen molar-refractivity contribution in [3.8, 4) is 6.07 Å². The van der Waals surface area contributed by atoms with E-state index in [0.29, 0.717) is 15.6 Å². The molecule has 0 aliphatic rings. The number of halogens is 2. The maximum absolute atomic E-state index is 13.1. The van der Waals surface area contributed by atoms with Crippen molar-refractivity contribution in [1.82, 2.24) is 0 Å². The third-order valence-corrected chi connectivity index (χ3v) is 5.19. The van der Waals surface area contributed by atoms with Gasteiger partial charge in [0.15, 0.2) is 0 Å². The standard InChI is InChI=1S/C25H16Cl2N2O7/c26-17-7-3-15(4-8-17)24(33)35-20(22(30)29-19-11-1-14(13-28)2-12-19)21(23(31)32)36-25(34)16-5-9-18(27)10-6-16/h1-12,20-21H,(H,29,30)(H,31,32)/t20-,21-/m0/s1. The second kappa shape index (κ2) is 11.8. The predicted molar refractivity (Wildman–Crippen MR) is 129 cm³/mol. The summed E-state index contributed by atoms with van der Waals surface area (Å²) in [4.78, 5) is 50.4. The average molecular weight is 527 g/mol. The Labute approximate surface area is 214 Å². The topological polar surface area (TPSA) is 143 Å². The summed E-state index contributed by atoms with van der Waals surface area (Å²) < 4.78 is 10.3. The highest BCUT2D eigenvalue weighted by molar-refractivity contribution is 6.31. The molecule has 0 aliphatic carbocycles. The largest absolute Gasteiger partial charge is 0.478 e. The smallest absolute Gasteiger partial charge is 0.349 e. The van der Waals surface area contributed by atoms with Crippen LogP contribution in [-0.4, -0.2) is 41.1 Å². The van der Waals surface area contributed by atoms with Gasteiger partial charge in [-0.15, -0.1) is 0 Å². The molecular formula is C25H16Cl2N2O7. The van der Waals surface area contributed by atoms with Gasteiger partial charge in [-0.3, -0.25) is 4.79 Å². The van der Waals surface area contributed by atoms with Crippen molar-refractivity contribution >= 4 is 52.7 Å². The van der Waals surface area contributed by atoms with Crippen molar-refractivity contribution in [3.05, 3.63) is 99.5 Å². The molecule has 1 amide bonds. The summed E-state index contributed by atoms with van der Waals surface area (Å²) in [6.07, 6.45) is -4.29. The van der Waals surface area contributed by atoms with E-state index in [1.807, 2.05) is 6.07 Å². The van der Waals surface area contributed by atoms with Crippen LogP contribution in [0.15, 0.2) is 72.8 Å². The Bertz CT molecular complexity index is 1320. The first-order valence-electron chi connectivity index (χ1n) is 10.1. The molecule has 2 atom stereocenters. The predicted octanol–water partition coefficient (Wildman–Crippen LogP) is 4.34. The summed E-state index contributed by atoms with van der Waals surface area (Å²) >= 11 is 11.6. The van der Waals surface area contributed by atoms with Crippen LogP contribution in [0.2, 0.25) is 10.0 Å². The highest BCUT2D eigenvalue weighted by Gasteiger charge is 2.41. The molecule has 0 bridgehead atoms. The molecule has 0 radical (unpaired) electrons. The Morgan fingerprint density at radius 3 is 1.61 bits per heavy atom. The maximum atomic E-state index is 13.1. The van der Waals surface area contributed by atoms with Gasteiger partial charge in [-0.25, -0.2) is 14.4 Å². The second-order valence-corrected chi connectivity index (χ2v) is 8.06. The van der Waals surface area contributed by atoms with Gasteiger partial charge in [0, 0.05) is 15.7 Å². The number of nitriles is 1. The Morgan fingerprint density at radius 1 is 0.750 bits per heavy atom. The highest BCUT2D eigenvalue weighted by atomic mass is 35.5. The van der Waals surface area contributed by atoms with Crippen molar-refractivity contribution < 1.29 is 33.8 Å². The number of aliphatic carboxylic acids is 1. The first-order valence-corrected chi connectivity index (χ1v) is 10.9. The number of rotatable bonds is 8. The van der Waals surface area contributed by atoms with Crippen molar-refractivity contribution in [3.63, 3.8) is 0 Å². The van der Waals surface area contributed by atoms with Gasteiger partial charge < -0.3 is 19.9 Å². The van der Waals surface area contributed by atoms with Crippen LogP contribution in [-0.2, 0) is 19.1 Å². The minimum Gasteiger partial charge on any atom is -0.478 e. The van der Waals surface area contributed by atoms with Crippen LogP contribution in [0.25, 0.3) is 0 Å². The minimum atomic E-state index is -2.21. The lowest BCUT2D eigenvalue weighted by atomic mass is 10.1. The number of carboxylic acid groups (broad SMARTS) is 1. The quantitative estimate of drug-likeness (QED) is 0.412. The number of amides is 1. The molecule has 0 fully saturated rings. The molecule has 3 rings (SSSR count). The first-order chi connectivity index (χ1) is 17.2. The van der Waals surface area contributed by atoms with Crippen LogP contribution in [0, 0.1) is 11.3 Å². The number of carbonyl (C=O) groups excluding carboxylic acids is 3. The van der Waals surface area contributed by atoms with Crippen molar-refractivity contribution in [2.45, 2.75) is 12.2 Å². The van der Waals surface area contributed by atoms with Crippen LogP contribution in [0.4, 0.5) is 5.69 Å². The molecule has 9 nitrogen and oxygen atoms in total. The highest BCUT2D eigenvalue weighted by Crippen LogP contribution is 2.18. The van der Waals surface area contributed by atoms with Crippen molar-refractivity contribution in [2.75, 3.05) is 5.32 Å². The number of nitrogens with one attached hydrogen (secondary N) is 1. The number of carboxylic acids is 1. The van der Waals surface area contributed by atoms with Gasteiger partial charge in [-0.05, 0) is 72.8 Å². The van der Waals surface area contributed by atoms with Crippen molar-refractivity contribution in [1.29, 1.82) is 5.26 Å². The number of nitrogens with zero attached hydrogens (tertiary/aromatic N) is 1. The monoisotopic (exact) mass is 526 g/mol. The maximum Gasteiger partial charge on any atom is 0.349 e. The Kier molecular flexibility index (Phi) is 8.62. The zero-order chi connectivity index (χ0) is 26.2. The second-order valence-electron chi connectivity index (χ2n) is 7.18. The molecule has 11 heteroatoms. The van der Waals surface area contributed by atoms with E-state index in [9.17, 15) is 24.3 Å². The van der Waals surface area contributed by atoms with E-state index in [1.54, 1.807) is 0 Å². The lowest BCUT2D eigenvalue weighted by Crippen LogP contribution is -2.48. The molecule has 0 saturated heterocycles. The van der Waals surface area contributed by atoms with Gasteiger partial charge in [0.25, 0.3) is 5.91 Å². The summed E-state index contributed by atoms with van der Waals surface area (Å²) in [6, 6.07) is 18.4. The van der Waals surface area contributed by atoms with E-state index in [2.05, 4.69) is 5.32 Å². The molecule has 0 aromatic heterocycles. The Morgan fingerprint density at radius 2 is 1.19 bits per heavy atom. The van der Waals surface area contributed by atoms with Gasteiger partial charge in [0.1, 0.15) is 0 Å². The number of carbonyl (C=O) groups is 4. The number of ether oxygens (including phenoxy) is 2. The molecule has 3 aromatic carbocycles. The third-order valence-electron chi connectivity index (χ3n) is 4.69. The van der Waals surface area contributed by atoms with Crippen LogP contribution >= 0.6 is 23.2 Å². The molecule has 182 valence electrons. The summed E-state index contributed by atoms with van der Waals surface area (Å²) in [6.45, 7) is 0. The molecule has 2 N–H and O–H groups in total. The summed E-state index contributed by atoms with van der Waals surface area (Å²) in [5.74, 6) is -4.96. The first kappa shape index (κ1) is 26.2. The molecule has 0 spiro atoms. The minimum absolute atomic E-state index is 0.0243. The van der Waals surface area contributed by atoms with E-state index >= 15 is 0 Å². The number of esters is 2. The van der Waals surface area contributed by atoms with E-state index in [0.717, 1.165) is 0 Å². The Balaban J connectivity index is 1.90. The average Bonchev–Trinajstić information content (AvgIpc) is 2.87. The Hall–Kier alpha value is -4.39. The fourth-order valence-corrected chi connectivity index (χ4v) is 3.13. The zero-order valence-electron chi connectivity index (χ0n) is 18.2. The van der Waals surface area contributed by atoms with E-state index in [4.69, 9.17) is 37.9 Å².